The summed E-state index contributed by atoms with van der Waals surface area (Å²) in [5.41, 5.74) is 0.799. The molecule has 0 atom stereocenters. The van der Waals surface area contributed by atoms with E-state index in [9.17, 15) is 16.8 Å². The van der Waals surface area contributed by atoms with Gasteiger partial charge in [-0.2, -0.15) is 0 Å². The van der Waals surface area contributed by atoms with Gasteiger partial charge in [0.2, 0.25) is 0 Å². The Balaban J connectivity index is 2.06. The molecule has 3 rings (SSSR count). The number of rotatable bonds is 1. The topological polar surface area (TPSA) is 68.3 Å². The Kier molecular flexibility index (Phi) is 3.21. The van der Waals surface area contributed by atoms with Crippen LogP contribution in [-0.4, -0.2) is 32.4 Å². The molecule has 0 N–H and O–H groups in total. The second-order valence-electron chi connectivity index (χ2n) is 5.79. The van der Waals surface area contributed by atoms with Gasteiger partial charge < -0.3 is 0 Å². The lowest BCUT2D eigenvalue weighted by Gasteiger charge is -2.36. The summed E-state index contributed by atoms with van der Waals surface area (Å²) in [4.78, 5) is 0. The van der Waals surface area contributed by atoms with Crippen LogP contribution in [0.5, 0.6) is 0 Å². The van der Waals surface area contributed by atoms with E-state index >= 15 is 0 Å². The minimum atomic E-state index is -3.62. The molecule has 0 amide bonds. The second-order valence-corrected chi connectivity index (χ2v) is 10.7. The largest absolute Gasteiger partial charge is 0.227 e. The molecule has 1 saturated carbocycles. The highest BCUT2D eigenvalue weighted by Gasteiger charge is 2.59. The van der Waals surface area contributed by atoms with Crippen molar-refractivity contribution in [3.05, 3.63) is 35.9 Å². The molecule has 0 aromatic heterocycles. The molecule has 1 spiro atoms. The lowest BCUT2D eigenvalue weighted by molar-refractivity contribution is 0.522. The minimum Gasteiger partial charge on any atom is -0.227 e. The molecule has 1 aromatic rings. The van der Waals surface area contributed by atoms with Crippen molar-refractivity contribution in [2.75, 3.05) is 11.5 Å². The first kappa shape index (κ1) is 14.1. The predicted octanol–water partition coefficient (Wildman–Crippen LogP) is 1.88. The van der Waals surface area contributed by atoms with Gasteiger partial charge in [-0.3, -0.25) is 0 Å². The van der Waals surface area contributed by atoms with Gasteiger partial charge in [0.25, 0.3) is 0 Å². The molecule has 110 valence electrons. The van der Waals surface area contributed by atoms with Crippen molar-refractivity contribution in [3.63, 3.8) is 0 Å². The molecule has 2 aliphatic rings. The molecule has 20 heavy (non-hydrogen) atoms. The van der Waals surface area contributed by atoms with Crippen molar-refractivity contribution >= 4 is 19.7 Å². The normalized spacial score (nSPS) is 27.6. The number of hydrogen-bond donors (Lipinski definition) is 0. The van der Waals surface area contributed by atoms with Gasteiger partial charge in [-0.25, -0.2) is 16.8 Å². The fourth-order valence-electron chi connectivity index (χ4n) is 3.53. The van der Waals surface area contributed by atoms with Crippen molar-refractivity contribution in [1.29, 1.82) is 0 Å². The summed E-state index contributed by atoms with van der Waals surface area (Å²) in [6, 6.07) is 9.08. The Bertz CT molecular complexity index is 661. The molecule has 0 unspecified atom stereocenters. The van der Waals surface area contributed by atoms with E-state index in [2.05, 4.69) is 0 Å². The van der Waals surface area contributed by atoms with E-state index in [4.69, 9.17) is 0 Å². The Morgan fingerprint density at radius 3 is 1.85 bits per heavy atom. The van der Waals surface area contributed by atoms with E-state index < -0.39 is 29.7 Å². The van der Waals surface area contributed by atoms with E-state index in [-0.39, 0.29) is 24.3 Å². The van der Waals surface area contributed by atoms with Crippen LogP contribution in [0.25, 0.3) is 0 Å². The predicted molar refractivity (Wildman–Crippen MR) is 78.0 cm³/mol. The maximum absolute atomic E-state index is 12.6. The summed E-state index contributed by atoms with van der Waals surface area (Å²) >= 11 is 0. The van der Waals surface area contributed by atoms with Gasteiger partial charge in [0.15, 0.2) is 23.8 Å². The van der Waals surface area contributed by atoms with Gasteiger partial charge in [0.1, 0.15) is 0 Å². The Hall–Kier alpha value is -0.880. The summed E-state index contributed by atoms with van der Waals surface area (Å²) in [5.74, 6) is -0.524. The molecule has 0 radical (unpaired) electrons. The van der Waals surface area contributed by atoms with Gasteiger partial charge in [0.05, 0.1) is 11.5 Å². The average molecular weight is 314 g/mol. The standard InChI is InChI=1S/C14H18O4S2/c15-19(16)10-13(12-6-2-1-3-7-12)11-20(17,18)14(19)8-4-5-9-14/h1-3,6-7,13H,4-5,8-11H2. The van der Waals surface area contributed by atoms with Gasteiger partial charge in [0, 0.05) is 5.92 Å². The fourth-order valence-corrected chi connectivity index (χ4v) is 9.74. The molecule has 2 fully saturated rings. The van der Waals surface area contributed by atoms with E-state index in [0.29, 0.717) is 12.8 Å². The lowest BCUT2D eigenvalue weighted by atomic mass is 10.0. The molecule has 1 saturated heterocycles. The Morgan fingerprint density at radius 2 is 1.35 bits per heavy atom. The van der Waals surface area contributed by atoms with Crippen molar-refractivity contribution in [1.82, 2.24) is 0 Å². The van der Waals surface area contributed by atoms with Crippen LogP contribution in [0.2, 0.25) is 0 Å². The second kappa shape index (κ2) is 4.56. The van der Waals surface area contributed by atoms with E-state index in [1.54, 1.807) is 0 Å². The SMILES string of the molecule is O=S1(=O)CC(c2ccccc2)CS(=O)(=O)C12CCCC2. The number of hydrogen-bond acceptors (Lipinski definition) is 4. The van der Waals surface area contributed by atoms with Crippen molar-refractivity contribution in [3.8, 4) is 0 Å². The molecular weight excluding hydrogens is 296 g/mol. The highest BCUT2D eigenvalue weighted by atomic mass is 32.3. The maximum Gasteiger partial charge on any atom is 0.173 e. The third kappa shape index (κ3) is 1.92. The van der Waals surface area contributed by atoms with Gasteiger partial charge in [-0.05, 0) is 18.4 Å². The van der Waals surface area contributed by atoms with Crippen LogP contribution < -0.4 is 0 Å². The lowest BCUT2D eigenvalue weighted by Crippen LogP contribution is -2.52. The van der Waals surface area contributed by atoms with Crippen LogP contribution >= 0.6 is 0 Å². The zero-order valence-corrected chi connectivity index (χ0v) is 12.8. The zero-order chi connectivity index (χ0) is 14.4. The molecule has 6 heteroatoms. The number of benzene rings is 1. The quantitative estimate of drug-likeness (QED) is 0.794. The third-order valence-electron chi connectivity index (χ3n) is 4.61. The first-order valence-electron chi connectivity index (χ1n) is 6.88. The first-order chi connectivity index (χ1) is 9.38. The van der Waals surface area contributed by atoms with E-state index in [1.807, 2.05) is 30.3 Å². The highest BCUT2D eigenvalue weighted by Crippen LogP contribution is 2.47. The van der Waals surface area contributed by atoms with Gasteiger partial charge >= 0.3 is 0 Å². The summed E-state index contributed by atoms with van der Waals surface area (Å²) < 4.78 is 49.0. The molecule has 1 aliphatic heterocycles. The van der Waals surface area contributed by atoms with Crippen molar-refractivity contribution in [2.45, 2.75) is 35.7 Å². The molecule has 1 aromatic carbocycles. The summed E-state index contributed by atoms with van der Waals surface area (Å²) in [6.45, 7) is 0. The summed E-state index contributed by atoms with van der Waals surface area (Å²) in [7, 11) is -7.23. The number of sulfone groups is 2. The smallest absolute Gasteiger partial charge is 0.173 e. The van der Waals surface area contributed by atoms with Crippen LogP contribution in [0, 0.1) is 0 Å². The molecule has 1 heterocycles. The van der Waals surface area contributed by atoms with E-state index in [0.717, 1.165) is 5.56 Å². The molecule has 1 aliphatic carbocycles. The molecule has 4 nitrogen and oxygen atoms in total. The highest BCUT2D eigenvalue weighted by molar-refractivity contribution is 8.11. The van der Waals surface area contributed by atoms with Crippen LogP contribution in [0.4, 0.5) is 0 Å². The first-order valence-corrected chi connectivity index (χ1v) is 10.2. The Labute approximate surface area is 120 Å². The van der Waals surface area contributed by atoms with Crippen LogP contribution in [0.15, 0.2) is 30.3 Å². The maximum atomic E-state index is 12.6. The van der Waals surface area contributed by atoms with Gasteiger partial charge in [-0.15, -0.1) is 0 Å². The zero-order valence-electron chi connectivity index (χ0n) is 11.2. The minimum absolute atomic E-state index is 0.0454. The molecule has 0 bridgehead atoms. The van der Waals surface area contributed by atoms with Gasteiger partial charge in [-0.1, -0.05) is 43.2 Å². The molecular formula is C14H18O4S2. The fraction of sp³-hybridized carbons (Fsp3) is 0.571. The third-order valence-corrected chi connectivity index (χ3v) is 10.9. The Morgan fingerprint density at radius 1 is 0.850 bits per heavy atom. The van der Waals surface area contributed by atoms with Crippen molar-refractivity contribution in [2.24, 2.45) is 0 Å². The van der Waals surface area contributed by atoms with Crippen LogP contribution in [-0.2, 0) is 19.7 Å². The van der Waals surface area contributed by atoms with Crippen molar-refractivity contribution < 1.29 is 16.8 Å². The average Bonchev–Trinajstić information content (AvgIpc) is 2.89. The van der Waals surface area contributed by atoms with E-state index in [1.165, 1.54) is 0 Å². The van der Waals surface area contributed by atoms with Crippen LogP contribution in [0.1, 0.15) is 37.2 Å². The summed E-state index contributed by atoms with van der Waals surface area (Å²) in [5, 5.41) is 0. The van der Waals surface area contributed by atoms with Crippen LogP contribution in [0.3, 0.4) is 0 Å². The monoisotopic (exact) mass is 314 g/mol. The summed E-state index contributed by atoms with van der Waals surface area (Å²) in [6.07, 6.45) is 1.93.